The van der Waals surface area contributed by atoms with Crippen LogP contribution in [-0.2, 0) is 4.79 Å². The molecule has 1 aromatic rings. The zero-order valence-corrected chi connectivity index (χ0v) is 15.4. The van der Waals surface area contributed by atoms with Crippen LogP contribution in [0, 0.1) is 12.8 Å². The molecule has 1 fully saturated rings. The number of amides is 1. The first-order valence-corrected chi connectivity index (χ1v) is 7.73. The minimum Gasteiger partial charge on any atom is -0.368 e. The molecule has 5 nitrogen and oxygen atoms in total. The Morgan fingerprint density at radius 3 is 2.74 bits per heavy atom. The average Bonchev–Trinajstić information content (AvgIpc) is 2.43. The summed E-state index contributed by atoms with van der Waals surface area (Å²) in [4.78, 5) is 16.6. The molecule has 132 valence electrons. The van der Waals surface area contributed by atoms with Gasteiger partial charge in [0.05, 0.1) is 5.92 Å². The monoisotopic (exact) mass is 362 g/mol. The lowest BCUT2D eigenvalue weighted by atomic mass is 9.74. The van der Waals surface area contributed by atoms with E-state index in [1.807, 2.05) is 32.0 Å². The number of pyridine rings is 1. The largest absolute Gasteiger partial charge is 0.368 e. The molecule has 2 atom stereocenters. The lowest BCUT2D eigenvalue weighted by Gasteiger charge is -2.37. The highest BCUT2D eigenvalue weighted by molar-refractivity contribution is 5.85. The molecule has 2 rings (SSSR count). The second kappa shape index (κ2) is 9.96. The van der Waals surface area contributed by atoms with Crippen LogP contribution >= 0.6 is 24.8 Å². The lowest BCUT2D eigenvalue weighted by molar-refractivity contribution is -0.128. The molecule has 1 heterocycles. The molecule has 23 heavy (non-hydrogen) atoms. The van der Waals surface area contributed by atoms with Crippen LogP contribution in [0.1, 0.15) is 38.3 Å². The fourth-order valence-corrected chi connectivity index (χ4v) is 2.93. The van der Waals surface area contributed by atoms with Gasteiger partial charge in [-0.25, -0.2) is 4.98 Å². The van der Waals surface area contributed by atoms with Crippen molar-refractivity contribution in [2.75, 3.05) is 18.4 Å². The molecule has 4 N–H and O–H groups in total. The van der Waals surface area contributed by atoms with Crippen molar-refractivity contribution < 1.29 is 4.79 Å². The van der Waals surface area contributed by atoms with E-state index in [9.17, 15) is 4.79 Å². The highest BCUT2D eigenvalue weighted by atomic mass is 35.5. The van der Waals surface area contributed by atoms with Crippen LogP contribution in [0.15, 0.2) is 18.2 Å². The fraction of sp³-hybridized carbons (Fsp3) is 0.625. The first-order chi connectivity index (χ1) is 9.99. The second-order valence-electron chi connectivity index (χ2n) is 6.19. The molecule has 0 aliphatic heterocycles. The van der Waals surface area contributed by atoms with E-state index in [-0.39, 0.29) is 42.2 Å². The topological polar surface area (TPSA) is 80.0 Å². The van der Waals surface area contributed by atoms with Crippen molar-refractivity contribution in [3.63, 3.8) is 0 Å². The van der Waals surface area contributed by atoms with E-state index in [1.165, 1.54) is 0 Å². The molecule has 0 spiro atoms. The van der Waals surface area contributed by atoms with E-state index in [1.54, 1.807) is 0 Å². The highest BCUT2D eigenvalue weighted by Gasteiger charge is 2.37. The molecule has 1 aliphatic carbocycles. The number of nitrogens with two attached hydrogens (primary N) is 1. The van der Waals surface area contributed by atoms with Crippen LogP contribution in [0.5, 0.6) is 0 Å². The maximum Gasteiger partial charge on any atom is 0.225 e. The normalized spacial score (nSPS) is 23.2. The number of hydrogen-bond donors (Lipinski definition) is 3. The maximum absolute atomic E-state index is 12.2. The number of anilines is 1. The van der Waals surface area contributed by atoms with Gasteiger partial charge in [0.1, 0.15) is 5.82 Å². The Morgan fingerprint density at radius 1 is 1.35 bits per heavy atom. The molecule has 0 saturated heterocycles. The number of aromatic nitrogens is 1. The van der Waals surface area contributed by atoms with E-state index >= 15 is 0 Å². The number of rotatable bonds is 5. The number of carbonyl (C=O) groups is 1. The summed E-state index contributed by atoms with van der Waals surface area (Å²) >= 11 is 0. The molecule has 1 aliphatic rings. The van der Waals surface area contributed by atoms with Crippen molar-refractivity contribution in [3.05, 3.63) is 23.9 Å². The minimum atomic E-state index is -0.367. The molecule has 2 unspecified atom stereocenters. The summed E-state index contributed by atoms with van der Waals surface area (Å²) < 4.78 is 0. The van der Waals surface area contributed by atoms with Crippen molar-refractivity contribution in [3.8, 4) is 0 Å². The van der Waals surface area contributed by atoms with E-state index in [4.69, 9.17) is 5.73 Å². The van der Waals surface area contributed by atoms with Crippen molar-refractivity contribution in [2.24, 2.45) is 11.7 Å². The van der Waals surface area contributed by atoms with Crippen LogP contribution < -0.4 is 16.4 Å². The predicted octanol–water partition coefficient (Wildman–Crippen LogP) is 2.67. The summed E-state index contributed by atoms with van der Waals surface area (Å²) in [5, 5.41) is 6.19. The smallest absolute Gasteiger partial charge is 0.225 e. The fourth-order valence-electron chi connectivity index (χ4n) is 2.93. The van der Waals surface area contributed by atoms with Crippen LogP contribution in [0.4, 0.5) is 5.82 Å². The third-order valence-corrected chi connectivity index (χ3v) is 4.19. The quantitative estimate of drug-likeness (QED) is 0.703. The van der Waals surface area contributed by atoms with Crippen molar-refractivity contribution in [1.29, 1.82) is 0 Å². The molecule has 7 heteroatoms. The van der Waals surface area contributed by atoms with Gasteiger partial charge in [0.2, 0.25) is 5.91 Å². The van der Waals surface area contributed by atoms with Crippen LogP contribution in [0.3, 0.4) is 0 Å². The van der Waals surface area contributed by atoms with Gasteiger partial charge in [-0.2, -0.15) is 0 Å². The summed E-state index contributed by atoms with van der Waals surface area (Å²) in [7, 11) is 0. The van der Waals surface area contributed by atoms with Crippen molar-refractivity contribution >= 4 is 36.5 Å². The van der Waals surface area contributed by atoms with Crippen molar-refractivity contribution in [2.45, 2.75) is 45.1 Å². The summed E-state index contributed by atoms with van der Waals surface area (Å²) in [6.45, 7) is 5.20. The zero-order valence-electron chi connectivity index (χ0n) is 13.8. The van der Waals surface area contributed by atoms with Crippen LogP contribution in [0.2, 0.25) is 0 Å². The van der Waals surface area contributed by atoms with E-state index < -0.39 is 0 Å². The van der Waals surface area contributed by atoms with Gasteiger partial charge in [0, 0.05) is 24.3 Å². The van der Waals surface area contributed by atoms with E-state index in [0.717, 1.165) is 37.2 Å². The molecular formula is C16H28Cl2N4O. The summed E-state index contributed by atoms with van der Waals surface area (Å²) in [5.74, 6) is 0.854. The first kappa shape index (κ1) is 22.0. The van der Waals surface area contributed by atoms with Crippen LogP contribution in [-0.4, -0.2) is 29.5 Å². The van der Waals surface area contributed by atoms with E-state index in [2.05, 4.69) is 15.6 Å². The average molecular weight is 363 g/mol. The molecule has 1 amide bonds. The number of carbonyl (C=O) groups excluding carboxylic acids is 1. The van der Waals surface area contributed by atoms with Gasteiger partial charge in [-0.05, 0) is 38.8 Å². The van der Waals surface area contributed by atoms with Crippen molar-refractivity contribution in [1.82, 2.24) is 10.3 Å². The molecule has 1 aromatic heterocycles. The highest BCUT2D eigenvalue weighted by Crippen LogP contribution is 2.31. The number of nitrogens with zero attached hydrogens (tertiary/aromatic N) is 1. The number of nitrogens with one attached hydrogen (secondary N) is 2. The first-order valence-electron chi connectivity index (χ1n) is 7.73. The van der Waals surface area contributed by atoms with Gasteiger partial charge in [0.25, 0.3) is 0 Å². The Bertz CT molecular complexity index is 497. The predicted molar refractivity (Wildman–Crippen MR) is 99.5 cm³/mol. The maximum atomic E-state index is 12.2. The minimum absolute atomic E-state index is 0. The zero-order chi connectivity index (χ0) is 15.3. The summed E-state index contributed by atoms with van der Waals surface area (Å²) in [6, 6.07) is 5.84. The molecule has 0 radical (unpaired) electrons. The SMILES string of the molecule is Cc1cccc(NCCNC(=O)C2CCCCC2(C)N)n1.Cl.Cl. The van der Waals surface area contributed by atoms with E-state index in [0.29, 0.717) is 13.1 Å². The summed E-state index contributed by atoms with van der Waals surface area (Å²) in [5.41, 5.74) is 6.86. The Morgan fingerprint density at radius 2 is 2.09 bits per heavy atom. The van der Waals surface area contributed by atoms with Gasteiger partial charge in [-0.15, -0.1) is 24.8 Å². The Balaban J connectivity index is 0.00000242. The van der Waals surface area contributed by atoms with Gasteiger partial charge < -0.3 is 16.4 Å². The third kappa shape index (κ3) is 6.53. The molecule has 0 aromatic carbocycles. The van der Waals surface area contributed by atoms with Gasteiger partial charge in [-0.1, -0.05) is 18.9 Å². The number of hydrogen-bond acceptors (Lipinski definition) is 4. The molecule has 1 saturated carbocycles. The van der Waals surface area contributed by atoms with Crippen LogP contribution in [0.25, 0.3) is 0 Å². The molecule has 0 bridgehead atoms. The van der Waals surface area contributed by atoms with Gasteiger partial charge in [0.15, 0.2) is 0 Å². The lowest BCUT2D eigenvalue weighted by Crippen LogP contribution is -2.53. The Kier molecular flexibility index (Phi) is 9.51. The number of halogens is 2. The Hall–Kier alpha value is -1.04. The van der Waals surface area contributed by atoms with Gasteiger partial charge >= 0.3 is 0 Å². The third-order valence-electron chi connectivity index (χ3n) is 4.19. The molecular weight excluding hydrogens is 335 g/mol. The summed E-state index contributed by atoms with van der Waals surface area (Å²) in [6.07, 6.45) is 4.04. The number of aryl methyl sites for hydroxylation is 1. The van der Waals surface area contributed by atoms with Gasteiger partial charge in [-0.3, -0.25) is 4.79 Å². The second-order valence-corrected chi connectivity index (χ2v) is 6.19. The Labute approximate surface area is 151 Å². The standard InChI is InChI=1S/C16H26N4O.2ClH/c1-12-6-5-8-14(20-12)18-10-11-19-15(21)13-7-3-4-9-16(13,2)17;;/h5-6,8,13H,3-4,7,9-11,17H2,1-2H3,(H,18,20)(H,19,21);2*1H.